The Labute approximate surface area is 122 Å². The molecule has 0 aliphatic carbocycles. The fourth-order valence-electron chi connectivity index (χ4n) is 1.86. The first-order valence-electron chi connectivity index (χ1n) is 6.48. The lowest BCUT2D eigenvalue weighted by Gasteiger charge is -2.08. The average Bonchev–Trinajstić information content (AvgIpc) is 2.54. The summed E-state index contributed by atoms with van der Waals surface area (Å²) in [7, 11) is 1.50. The van der Waals surface area contributed by atoms with Crippen LogP contribution in [0, 0.1) is 0 Å². The van der Waals surface area contributed by atoms with E-state index >= 15 is 0 Å². The van der Waals surface area contributed by atoms with Gasteiger partial charge in [-0.25, -0.2) is 9.78 Å². The zero-order chi connectivity index (χ0) is 15.2. The van der Waals surface area contributed by atoms with Crippen LogP contribution in [0.25, 0.3) is 0 Å². The van der Waals surface area contributed by atoms with E-state index in [9.17, 15) is 9.59 Å². The van der Waals surface area contributed by atoms with Crippen molar-refractivity contribution in [3.8, 4) is 5.88 Å². The van der Waals surface area contributed by atoms with Crippen molar-refractivity contribution in [2.24, 2.45) is 0 Å². The number of ether oxygens (including phenoxy) is 2. The Bertz CT molecular complexity index is 650. The van der Waals surface area contributed by atoms with Crippen molar-refractivity contribution in [2.75, 3.05) is 13.7 Å². The van der Waals surface area contributed by atoms with Gasteiger partial charge in [-0.2, -0.15) is 0 Å². The quantitative estimate of drug-likeness (QED) is 0.623. The van der Waals surface area contributed by atoms with E-state index in [4.69, 9.17) is 9.47 Å². The fraction of sp³-hybridized carbons (Fsp3) is 0.188. The molecule has 1 heterocycles. The minimum Gasteiger partial charge on any atom is -0.481 e. The van der Waals surface area contributed by atoms with Crippen molar-refractivity contribution in [1.29, 1.82) is 0 Å². The van der Waals surface area contributed by atoms with Gasteiger partial charge in [0.2, 0.25) is 5.88 Å². The second-order valence-electron chi connectivity index (χ2n) is 4.18. The van der Waals surface area contributed by atoms with Crippen molar-refractivity contribution in [3.05, 3.63) is 59.3 Å². The maximum absolute atomic E-state index is 12.5. The van der Waals surface area contributed by atoms with Crippen LogP contribution in [0.15, 0.2) is 42.6 Å². The van der Waals surface area contributed by atoms with Crippen LogP contribution >= 0.6 is 0 Å². The third-order valence-corrected chi connectivity index (χ3v) is 2.87. The number of hydrogen-bond donors (Lipinski definition) is 0. The number of carbonyl (C=O) groups is 2. The summed E-state index contributed by atoms with van der Waals surface area (Å²) in [6.45, 7) is 1.97. The van der Waals surface area contributed by atoms with Crippen LogP contribution in [0.2, 0.25) is 0 Å². The SMILES string of the molecule is CCOC(=O)c1ccccc1C(=O)c1ccc(OC)nc1. The maximum Gasteiger partial charge on any atom is 0.338 e. The Morgan fingerprint density at radius 2 is 1.81 bits per heavy atom. The Balaban J connectivity index is 2.36. The Hall–Kier alpha value is -2.69. The summed E-state index contributed by atoms with van der Waals surface area (Å²) in [6.07, 6.45) is 1.42. The lowest BCUT2D eigenvalue weighted by molar-refractivity contribution is 0.0523. The van der Waals surface area contributed by atoms with Crippen molar-refractivity contribution in [3.63, 3.8) is 0 Å². The summed E-state index contributed by atoms with van der Waals surface area (Å²) < 4.78 is 9.92. The number of benzene rings is 1. The first-order chi connectivity index (χ1) is 10.2. The Morgan fingerprint density at radius 1 is 1.10 bits per heavy atom. The van der Waals surface area contributed by atoms with Gasteiger partial charge >= 0.3 is 5.97 Å². The lowest BCUT2D eigenvalue weighted by atomic mass is 9.99. The molecule has 0 aliphatic rings. The Morgan fingerprint density at radius 3 is 2.38 bits per heavy atom. The highest BCUT2D eigenvalue weighted by Gasteiger charge is 2.19. The van der Waals surface area contributed by atoms with E-state index in [0.717, 1.165) is 0 Å². The van der Waals surface area contributed by atoms with Crippen LogP contribution < -0.4 is 4.74 Å². The molecule has 5 nitrogen and oxygen atoms in total. The molecule has 108 valence electrons. The van der Waals surface area contributed by atoms with Gasteiger partial charge in [0.25, 0.3) is 0 Å². The van der Waals surface area contributed by atoms with E-state index < -0.39 is 5.97 Å². The number of aromatic nitrogens is 1. The van der Waals surface area contributed by atoms with Crippen LogP contribution in [-0.2, 0) is 4.74 Å². The molecule has 0 aliphatic heterocycles. The highest BCUT2D eigenvalue weighted by Crippen LogP contribution is 2.16. The van der Waals surface area contributed by atoms with Gasteiger partial charge in [-0.1, -0.05) is 18.2 Å². The standard InChI is InChI=1S/C16H15NO4/c1-3-21-16(19)13-7-5-4-6-12(13)15(18)11-8-9-14(20-2)17-10-11/h4-10H,3H2,1-2H3. The van der Waals surface area contributed by atoms with E-state index in [0.29, 0.717) is 17.0 Å². The third-order valence-electron chi connectivity index (χ3n) is 2.87. The second-order valence-corrected chi connectivity index (χ2v) is 4.18. The predicted molar refractivity (Wildman–Crippen MR) is 76.6 cm³/mol. The van der Waals surface area contributed by atoms with E-state index in [1.807, 2.05) is 0 Å². The van der Waals surface area contributed by atoms with E-state index in [-0.39, 0.29) is 18.0 Å². The second kappa shape index (κ2) is 6.65. The smallest absolute Gasteiger partial charge is 0.338 e. The number of carbonyl (C=O) groups excluding carboxylic acids is 2. The molecule has 0 unspecified atom stereocenters. The molecule has 0 saturated heterocycles. The molecule has 5 heteroatoms. The van der Waals surface area contributed by atoms with Crippen molar-refractivity contribution in [1.82, 2.24) is 4.98 Å². The van der Waals surface area contributed by atoms with E-state index in [1.54, 1.807) is 43.3 Å². The van der Waals surface area contributed by atoms with Gasteiger partial charge in [-0.3, -0.25) is 4.79 Å². The monoisotopic (exact) mass is 285 g/mol. The summed E-state index contributed by atoms with van der Waals surface area (Å²) in [5, 5.41) is 0. The van der Waals surface area contributed by atoms with Crippen LogP contribution in [0.4, 0.5) is 0 Å². The highest BCUT2D eigenvalue weighted by atomic mass is 16.5. The summed E-state index contributed by atoms with van der Waals surface area (Å²) in [4.78, 5) is 28.4. The van der Waals surface area contributed by atoms with Gasteiger partial charge < -0.3 is 9.47 Å². The normalized spacial score (nSPS) is 10.0. The van der Waals surface area contributed by atoms with E-state index in [2.05, 4.69) is 4.98 Å². The minimum atomic E-state index is -0.511. The van der Waals surface area contributed by atoms with Crippen molar-refractivity contribution in [2.45, 2.75) is 6.92 Å². The van der Waals surface area contributed by atoms with Gasteiger partial charge in [-0.15, -0.1) is 0 Å². The predicted octanol–water partition coefficient (Wildman–Crippen LogP) is 2.50. The maximum atomic E-state index is 12.5. The lowest BCUT2D eigenvalue weighted by Crippen LogP contribution is -2.12. The average molecular weight is 285 g/mol. The highest BCUT2D eigenvalue weighted by molar-refractivity contribution is 6.14. The summed E-state index contributed by atoms with van der Waals surface area (Å²) in [5.74, 6) is -0.373. The molecule has 0 fully saturated rings. The molecule has 0 atom stereocenters. The molecule has 0 saturated carbocycles. The van der Waals surface area contributed by atoms with Crippen LogP contribution in [0.3, 0.4) is 0 Å². The van der Waals surface area contributed by atoms with Gasteiger partial charge in [0.1, 0.15) is 0 Å². The van der Waals surface area contributed by atoms with Gasteiger partial charge in [0.15, 0.2) is 5.78 Å². The number of esters is 1. The van der Waals surface area contributed by atoms with Gasteiger partial charge in [-0.05, 0) is 19.1 Å². The van der Waals surface area contributed by atoms with Gasteiger partial charge in [0.05, 0.1) is 19.3 Å². The molecule has 0 radical (unpaired) electrons. The van der Waals surface area contributed by atoms with Crippen molar-refractivity contribution >= 4 is 11.8 Å². The number of pyridine rings is 1. The molecule has 0 N–H and O–H groups in total. The molecule has 0 amide bonds. The van der Waals surface area contributed by atoms with Crippen LogP contribution in [-0.4, -0.2) is 30.5 Å². The first kappa shape index (κ1) is 14.7. The molecule has 0 bridgehead atoms. The third kappa shape index (κ3) is 3.25. The minimum absolute atomic E-state index is 0.250. The van der Waals surface area contributed by atoms with E-state index in [1.165, 1.54) is 13.3 Å². The molecule has 1 aromatic heterocycles. The summed E-state index contributed by atoms with van der Waals surface area (Å²) >= 11 is 0. The molecule has 2 rings (SSSR count). The number of nitrogens with zero attached hydrogens (tertiary/aromatic N) is 1. The topological polar surface area (TPSA) is 65.5 Å². The van der Waals surface area contributed by atoms with Gasteiger partial charge in [0, 0.05) is 23.4 Å². The molecule has 0 spiro atoms. The Kier molecular flexibility index (Phi) is 4.66. The number of rotatable bonds is 5. The van der Waals surface area contributed by atoms with Crippen LogP contribution in [0.5, 0.6) is 5.88 Å². The zero-order valence-electron chi connectivity index (χ0n) is 11.8. The fourth-order valence-corrected chi connectivity index (χ4v) is 1.86. The summed E-state index contributed by atoms with van der Waals surface area (Å²) in [6, 6.07) is 9.76. The van der Waals surface area contributed by atoms with Crippen LogP contribution in [0.1, 0.15) is 33.2 Å². The summed E-state index contributed by atoms with van der Waals surface area (Å²) in [5.41, 5.74) is 0.927. The van der Waals surface area contributed by atoms with Crippen molar-refractivity contribution < 1.29 is 19.1 Å². The number of methoxy groups -OCH3 is 1. The molecular formula is C16H15NO4. The molecule has 1 aromatic carbocycles. The molecule has 21 heavy (non-hydrogen) atoms. The molecule has 2 aromatic rings. The number of ketones is 1. The number of hydrogen-bond acceptors (Lipinski definition) is 5. The first-order valence-corrected chi connectivity index (χ1v) is 6.48. The zero-order valence-corrected chi connectivity index (χ0v) is 11.8. The molecular weight excluding hydrogens is 270 g/mol. The largest absolute Gasteiger partial charge is 0.481 e.